The van der Waals surface area contributed by atoms with Crippen LogP contribution >= 0.6 is 11.6 Å². The van der Waals surface area contributed by atoms with Crippen LogP contribution in [0.1, 0.15) is 40.8 Å². The van der Waals surface area contributed by atoms with Gasteiger partial charge >= 0.3 is 0 Å². The molecule has 182 valence electrons. The summed E-state index contributed by atoms with van der Waals surface area (Å²) in [6.45, 7) is 7.68. The van der Waals surface area contributed by atoms with Crippen molar-refractivity contribution in [1.82, 2.24) is 9.78 Å². The number of rotatable bonds is 5. The van der Waals surface area contributed by atoms with Crippen molar-refractivity contribution in [3.8, 4) is 5.69 Å². The van der Waals surface area contributed by atoms with Crippen LogP contribution < -0.4 is 10.6 Å². The topological polar surface area (TPSA) is 70.5 Å². The van der Waals surface area contributed by atoms with Crippen molar-refractivity contribution in [2.45, 2.75) is 33.6 Å². The van der Waals surface area contributed by atoms with Gasteiger partial charge in [0.2, 0.25) is 0 Å². The number of amides is 1. The Balaban J connectivity index is 1.66. The molecule has 0 saturated carbocycles. The first-order valence-electron chi connectivity index (χ1n) is 11.8. The van der Waals surface area contributed by atoms with E-state index in [2.05, 4.69) is 10.2 Å². The minimum absolute atomic E-state index is 0.192. The second kappa shape index (κ2) is 9.28. The molecule has 0 aliphatic carbocycles. The van der Waals surface area contributed by atoms with Crippen molar-refractivity contribution in [3.05, 3.63) is 116 Å². The summed E-state index contributed by atoms with van der Waals surface area (Å²) in [4.78, 5) is 27.8. The number of halogens is 1. The van der Waals surface area contributed by atoms with Crippen LogP contribution in [0.3, 0.4) is 0 Å². The van der Waals surface area contributed by atoms with Gasteiger partial charge in [0.1, 0.15) is 0 Å². The molecule has 2 heterocycles. The summed E-state index contributed by atoms with van der Waals surface area (Å²) >= 11 is 6.68. The van der Waals surface area contributed by atoms with Gasteiger partial charge in [-0.25, -0.2) is 9.69 Å². The lowest BCUT2D eigenvalue weighted by Crippen LogP contribution is -2.34. The number of H-pyrrole nitrogens is 1. The Hall–Kier alpha value is -3.90. The van der Waals surface area contributed by atoms with Crippen LogP contribution in [0.2, 0.25) is 5.02 Å². The molecule has 7 heteroatoms. The first-order valence-corrected chi connectivity index (χ1v) is 12.2. The quantitative estimate of drug-likeness (QED) is 0.371. The summed E-state index contributed by atoms with van der Waals surface area (Å²) in [6, 6.07) is 22.7. The smallest absolute Gasteiger partial charge is 0.275 e. The van der Waals surface area contributed by atoms with E-state index in [0.29, 0.717) is 33.2 Å². The molecule has 5 rings (SSSR count). The van der Waals surface area contributed by atoms with E-state index in [1.165, 1.54) is 9.69 Å². The number of benzene rings is 3. The van der Waals surface area contributed by atoms with Gasteiger partial charge in [0.15, 0.2) is 0 Å². The molecule has 0 fully saturated rings. The average Bonchev–Trinajstić information content (AvgIpc) is 3.32. The zero-order valence-electron chi connectivity index (χ0n) is 20.6. The second-order valence-electron chi connectivity index (χ2n) is 9.33. The lowest BCUT2D eigenvalue weighted by atomic mass is 9.78. The number of anilines is 1. The SMILES string of the molecule is CC1=NN(c2ccc(C)cc2)C(=O)[C@H]1[C@H](c1ccccc1Cl)c1c(C)[nH]n(-c2ccc(C)cc2)c1=O. The summed E-state index contributed by atoms with van der Waals surface area (Å²) in [5.74, 6) is -1.48. The highest BCUT2D eigenvalue weighted by atomic mass is 35.5. The third-order valence-electron chi connectivity index (χ3n) is 6.75. The second-order valence-corrected chi connectivity index (χ2v) is 9.74. The number of aryl methyl sites for hydroxylation is 3. The van der Waals surface area contributed by atoms with Gasteiger partial charge < -0.3 is 0 Å². The third kappa shape index (κ3) is 4.07. The van der Waals surface area contributed by atoms with Crippen molar-refractivity contribution in [3.63, 3.8) is 0 Å². The number of hydrogen-bond acceptors (Lipinski definition) is 3. The molecule has 0 radical (unpaired) electrons. The number of hydrazone groups is 1. The third-order valence-corrected chi connectivity index (χ3v) is 7.10. The van der Waals surface area contributed by atoms with Crippen LogP contribution in [0.25, 0.3) is 5.69 Å². The molecule has 1 N–H and O–H groups in total. The van der Waals surface area contributed by atoms with Crippen LogP contribution in [-0.2, 0) is 4.79 Å². The molecule has 0 saturated heterocycles. The highest BCUT2D eigenvalue weighted by molar-refractivity contribution is 6.31. The van der Waals surface area contributed by atoms with E-state index in [1.807, 2.05) is 94.4 Å². The summed E-state index contributed by atoms with van der Waals surface area (Å²) < 4.78 is 1.53. The van der Waals surface area contributed by atoms with E-state index in [1.54, 1.807) is 6.07 Å². The molecule has 1 aliphatic rings. The lowest BCUT2D eigenvalue weighted by molar-refractivity contribution is -0.120. The maximum absolute atomic E-state index is 13.9. The fourth-order valence-corrected chi connectivity index (χ4v) is 5.12. The highest BCUT2D eigenvalue weighted by Gasteiger charge is 2.44. The summed E-state index contributed by atoms with van der Waals surface area (Å²) in [7, 11) is 0. The Morgan fingerprint density at radius 2 is 1.42 bits per heavy atom. The fraction of sp³-hybridized carbons (Fsp3) is 0.207. The van der Waals surface area contributed by atoms with E-state index in [9.17, 15) is 9.59 Å². The maximum Gasteiger partial charge on any atom is 0.275 e. The Morgan fingerprint density at radius 3 is 2.03 bits per heavy atom. The van der Waals surface area contributed by atoms with Crippen molar-refractivity contribution >= 4 is 28.9 Å². The zero-order chi connectivity index (χ0) is 25.6. The fourth-order valence-electron chi connectivity index (χ4n) is 4.86. The molecule has 1 aliphatic heterocycles. The molecule has 6 nitrogen and oxygen atoms in total. The minimum atomic E-state index is -0.681. The lowest BCUT2D eigenvalue weighted by Gasteiger charge is -2.24. The molecule has 1 aromatic heterocycles. The van der Waals surface area contributed by atoms with Crippen LogP contribution in [0.15, 0.2) is 82.7 Å². The summed E-state index contributed by atoms with van der Waals surface area (Å²) in [5, 5.41) is 9.77. The van der Waals surface area contributed by atoms with Crippen molar-refractivity contribution in [2.75, 3.05) is 5.01 Å². The molecule has 3 aromatic carbocycles. The highest BCUT2D eigenvalue weighted by Crippen LogP contribution is 2.40. The number of hydrogen-bond donors (Lipinski definition) is 1. The van der Waals surface area contributed by atoms with Gasteiger partial charge in [-0.1, -0.05) is 65.2 Å². The van der Waals surface area contributed by atoms with Gasteiger partial charge in [-0.15, -0.1) is 0 Å². The van der Waals surface area contributed by atoms with Crippen LogP contribution in [-0.4, -0.2) is 21.4 Å². The van der Waals surface area contributed by atoms with Crippen molar-refractivity contribution < 1.29 is 4.79 Å². The molecule has 4 aromatic rings. The van der Waals surface area contributed by atoms with Gasteiger partial charge in [-0.2, -0.15) is 5.10 Å². The molecule has 1 amide bonds. The van der Waals surface area contributed by atoms with Crippen molar-refractivity contribution in [1.29, 1.82) is 0 Å². The Kier molecular flexibility index (Phi) is 6.14. The number of nitrogens with one attached hydrogen (secondary N) is 1. The number of aromatic amines is 1. The number of nitrogens with zero attached hydrogens (tertiary/aromatic N) is 3. The molecular weight excluding hydrogens is 472 g/mol. The van der Waals surface area contributed by atoms with Crippen molar-refractivity contribution in [2.24, 2.45) is 11.0 Å². The first kappa shape index (κ1) is 23.8. The van der Waals surface area contributed by atoms with E-state index >= 15 is 0 Å². The molecule has 0 unspecified atom stereocenters. The number of carbonyl (C=O) groups excluding carboxylic acids is 1. The van der Waals surface area contributed by atoms with Gasteiger partial charge in [0, 0.05) is 27.9 Å². The van der Waals surface area contributed by atoms with E-state index in [4.69, 9.17) is 11.6 Å². The van der Waals surface area contributed by atoms with E-state index < -0.39 is 11.8 Å². The maximum atomic E-state index is 13.9. The van der Waals surface area contributed by atoms with Gasteiger partial charge in [-0.3, -0.25) is 14.7 Å². The molecule has 2 atom stereocenters. The largest absolute Gasteiger partial charge is 0.295 e. The van der Waals surface area contributed by atoms with E-state index in [0.717, 1.165) is 16.8 Å². The van der Waals surface area contributed by atoms with Crippen LogP contribution in [0.4, 0.5) is 5.69 Å². The zero-order valence-corrected chi connectivity index (χ0v) is 21.4. The van der Waals surface area contributed by atoms with Crippen LogP contribution in [0, 0.1) is 26.7 Å². The Bertz CT molecular complexity index is 1530. The Morgan fingerprint density at radius 1 is 0.833 bits per heavy atom. The normalized spacial score (nSPS) is 16.4. The van der Waals surface area contributed by atoms with Gasteiger partial charge in [-0.05, 0) is 63.6 Å². The van der Waals surface area contributed by atoms with Gasteiger partial charge in [0.25, 0.3) is 11.5 Å². The predicted molar refractivity (Wildman–Crippen MR) is 144 cm³/mol. The monoisotopic (exact) mass is 498 g/mol. The molecule has 0 bridgehead atoms. The average molecular weight is 499 g/mol. The summed E-state index contributed by atoms with van der Waals surface area (Å²) in [6.07, 6.45) is 0. The predicted octanol–water partition coefficient (Wildman–Crippen LogP) is 5.92. The van der Waals surface area contributed by atoms with Crippen LogP contribution in [0.5, 0.6) is 0 Å². The van der Waals surface area contributed by atoms with Gasteiger partial charge in [0.05, 0.1) is 17.3 Å². The minimum Gasteiger partial charge on any atom is -0.295 e. The molecular formula is C29H27ClN4O2. The number of aromatic nitrogens is 2. The number of carbonyl (C=O) groups is 1. The Labute approximate surface area is 214 Å². The molecule has 0 spiro atoms. The molecule has 36 heavy (non-hydrogen) atoms. The van der Waals surface area contributed by atoms with E-state index in [-0.39, 0.29) is 11.5 Å². The first-order chi connectivity index (χ1) is 17.3. The summed E-state index contributed by atoms with van der Waals surface area (Å²) in [5.41, 5.74) is 5.92. The standard InChI is InChI=1S/C29H27ClN4O2/c1-17-9-13-21(14-10-17)33-28(35)25(19(3)31-33)27(23-7-5-6-8-24(23)30)26-20(4)32-34(29(26)36)22-15-11-18(2)12-16-22/h5-16,25,27,32H,1-4H3/t25-,27+/m1/s1.